The van der Waals surface area contributed by atoms with Gasteiger partial charge in [0.15, 0.2) is 0 Å². The van der Waals surface area contributed by atoms with Gasteiger partial charge in [-0.2, -0.15) is 0 Å². The Balaban J connectivity index is 1.98. The number of hydrogen-bond acceptors (Lipinski definition) is 2. The summed E-state index contributed by atoms with van der Waals surface area (Å²) in [6, 6.07) is 8.58. The molecule has 0 aliphatic carbocycles. The number of aliphatic imine (C=N–C) groups is 1. The minimum Gasteiger partial charge on any atom is -0.372 e. The lowest BCUT2D eigenvalue weighted by Gasteiger charge is -2.20. The van der Waals surface area contributed by atoms with Crippen LogP contribution in [0, 0.1) is 0 Å². The molecule has 0 unspecified atom stereocenters. The zero-order valence-corrected chi connectivity index (χ0v) is 8.78. The molecule has 2 nitrogen and oxygen atoms in total. The monoisotopic (exact) mass is 201 g/mol. The number of fused-ring (bicyclic) bond motifs is 1. The second kappa shape index (κ2) is 3.78. The number of benzene rings is 1. The van der Waals surface area contributed by atoms with E-state index in [-0.39, 0.29) is 6.10 Å². The molecule has 1 atom stereocenters. The molecule has 1 aromatic rings. The molecule has 0 amide bonds. The normalized spacial score (nSPS) is 24.8. The summed E-state index contributed by atoms with van der Waals surface area (Å²) in [6.45, 7) is 1.82. The van der Waals surface area contributed by atoms with E-state index < -0.39 is 0 Å². The molecule has 2 heterocycles. The molecule has 1 fully saturated rings. The lowest BCUT2D eigenvalue weighted by Crippen LogP contribution is -2.25. The van der Waals surface area contributed by atoms with Crippen LogP contribution in [0.5, 0.6) is 0 Å². The first kappa shape index (κ1) is 9.10. The summed E-state index contributed by atoms with van der Waals surface area (Å²) < 4.78 is 5.72. The lowest BCUT2D eigenvalue weighted by atomic mass is 9.94. The molecular weight excluding hydrogens is 186 g/mol. The average molecular weight is 201 g/mol. The van der Waals surface area contributed by atoms with E-state index in [4.69, 9.17) is 4.74 Å². The van der Waals surface area contributed by atoms with Gasteiger partial charge in [-0.05, 0) is 24.8 Å². The fraction of sp³-hybridized carbons (Fsp3) is 0.462. The predicted octanol–water partition coefficient (Wildman–Crippen LogP) is 2.21. The second-order valence-corrected chi connectivity index (χ2v) is 4.18. The number of hydrogen-bond donors (Lipinski definition) is 0. The Bertz CT molecular complexity index is 391. The van der Waals surface area contributed by atoms with Crippen molar-refractivity contribution >= 4 is 5.71 Å². The van der Waals surface area contributed by atoms with Crippen LogP contribution in [-0.4, -0.2) is 25.0 Å². The average Bonchev–Trinajstić information content (AvgIpc) is 2.82. The fourth-order valence-corrected chi connectivity index (χ4v) is 2.44. The molecule has 0 saturated carbocycles. The van der Waals surface area contributed by atoms with Gasteiger partial charge in [0, 0.05) is 18.7 Å². The summed E-state index contributed by atoms with van der Waals surface area (Å²) >= 11 is 0. The molecular formula is C13H15NO. The fourth-order valence-electron chi connectivity index (χ4n) is 2.44. The summed E-state index contributed by atoms with van der Waals surface area (Å²) in [4.78, 5) is 4.64. The zero-order valence-electron chi connectivity index (χ0n) is 8.78. The largest absolute Gasteiger partial charge is 0.372 e. The molecule has 1 saturated heterocycles. The van der Waals surface area contributed by atoms with Gasteiger partial charge < -0.3 is 4.74 Å². The van der Waals surface area contributed by atoms with Crippen LogP contribution in [0.1, 0.15) is 24.0 Å². The third-order valence-electron chi connectivity index (χ3n) is 3.19. The highest BCUT2D eigenvalue weighted by molar-refractivity contribution is 6.05. The highest BCUT2D eigenvalue weighted by Gasteiger charge is 2.25. The summed E-state index contributed by atoms with van der Waals surface area (Å²) in [6.07, 6.45) is 3.64. The van der Waals surface area contributed by atoms with Crippen molar-refractivity contribution in [1.29, 1.82) is 0 Å². The Morgan fingerprint density at radius 2 is 2.20 bits per heavy atom. The Hall–Kier alpha value is -1.15. The van der Waals surface area contributed by atoms with Gasteiger partial charge in [0.05, 0.1) is 11.8 Å². The number of rotatable bonds is 1. The topological polar surface area (TPSA) is 21.6 Å². The van der Waals surface area contributed by atoms with Crippen molar-refractivity contribution < 1.29 is 4.74 Å². The Kier molecular flexibility index (Phi) is 2.29. The van der Waals surface area contributed by atoms with Crippen molar-refractivity contribution in [3.63, 3.8) is 0 Å². The first-order valence-electron chi connectivity index (χ1n) is 5.69. The molecule has 2 aliphatic heterocycles. The van der Waals surface area contributed by atoms with Crippen molar-refractivity contribution in [2.24, 2.45) is 4.99 Å². The molecule has 15 heavy (non-hydrogen) atoms. The maximum Gasteiger partial charge on any atom is 0.0997 e. The molecule has 3 rings (SSSR count). The van der Waals surface area contributed by atoms with E-state index >= 15 is 0 Å². The third-order valence-corrected chi connectivity index (χ3v) is 3.19. The Labute approximate surface area is 90.0 Å². The van der Waals surface area contributed by atoms with Crippen LogP contribution in [0.25, 0.3) is 0 Å². The highest BCUT2D eigenvalue weighted by Crippen LogP contribution is 2.23. The first-order chi connectivity index (χ1) is 7.45. The maximum absolute atomic E-state index is 5.72. The summed E-state index contributed by atoms with van der Waals surface area (Å²) in [7, 11) is 0. The van der Waals surface area contributed by atoms with Gasteiger partial charge in [-0.25, -0.2) is 0 Å². The molecule has 0 radical (unpaired) electrons. The van der Waals surface area contributed by atoms with Crippen LogP contribution < -0.4 is 0 Å². The number of nitrogens with zero attached hydrogens (tertiary/aromatic N) is 1. The van der Waals surface area contributed by atoms with E-state index in [1.54, 1.807) is 0 Å². The van der Waals surface area contributed by atoms with Gasteiger partial charge >= 0.3 is 0 Å². The minimum absolute atomic E-state index is 0.256. The first-order valence-corrected chi connectivity index (χ1v) is 5.69. The van der Waals surface area contributed by atoms with Gasteiger partial charge in [0.25, 0.3) is 0 Å². The predicted molar refractivity (Wildman–Crippen MR) is 60.5 cm³/mol. The van der Waals surface area contributed by atoms with Crippen molar-refractivity contribution in [1.82, 2.24) is 0 Å². The summed E-state index contributed by atoms with van der Waals surface area (Å²) in [5.41, 5.74) is 3.93. The molecule has 1 aromatic carbocycles. The van der Waals surface area contributed by atoms with Gasteiger partial charge in [-0.15, -0.1) is 0 Å². The third kappa shape index (κ3) is 1.59. The van der Waals surface area contributed by atoms with Crippen molar-refractivity contribution in [2.75, 3.05) is 13.2 Å². The molecule has 0 N–H and O–H groups in total. The van der Waals surface area contributed by atoms with Gasteiger partial charge in [-0.1, -0.05) is 24.3 Å². The number of ether oxygens (including phenoxy) is 1. The molecule has 0 bridgehead atoms. The SMILES string of the molecule is c1ccc2c(c1)CCN=C2[C@H]1CCCO1. The molecule has 78 valence electrons. The second-order valence-electron chi connectivity index (χ2n) is 4.18. The molecule has 2 aliphatic rings. The quantitative estimate of drug-likeness (QED) is 0.682. The Morgan fingerprint density at radius 1 is 1.27 bits per heavy atom. The van der Waals surface area contributed by atoms with Crippen LogP contribution in [0.3, 0.4) is 0 Å². The standard InChI is InChI=1S/C13H15NO/c1-2-5-11-10(4-1)7-8-14-13(11)12-6-3-9-15-12/h1-2,4-5,12H,3,6-9H2/t12-/m1/s1. The van der Waals surface area contributed by atoms with E-state index in [0.29, 0.717) is 0 Å². The smallest absolute Gasteiger partial charge is 0.0997 e. The van der Waals surface area contributed by atoms with Gasteiger partial charge in [0.1, 0.15) is 0 Å². The highest BCUT2D eigenvalue weighted by atomic mass is 16.5. The van der Waals surface area contributed by atoms with E-state index in [9.17, 15) is 0 Å². The van der Waals surface area contributed by atoms with Crippen LogP contribution in [0.4, 0.5) is 0 Å². The van der Waals surface area contributed by atoms with Gasteiger partial charge in [-0.3, -0.25) is 4.99 Å². The van der Waals surface area contributed by atoms with Crippen LogP contribution >= 0.6 is 0 Å². The van der Waals surface area contributed by atoms with Crippen molar-refractivity contribution in [2.45, 2.75) is 25.4 Å². The van der Waals surface area contributed by atoms with Crippen molar-refractivity contribution in [3.8, 4) is 0 Å². The summed E-state index contributed by atoms with van der Waals surface area (Å²) in [5.74, 6) is 0. The van der Waals surface area contributed by atoms with Crippen LogP contribution in [0.2, 0.25) is 0 Å². The van der Waals surface area contributed by atoms with Gasteiger partial charge in [0.2, 0.25) is 0 Å². The van der Waals surface area contributed by atoms with E-state index in [1.165, 1.54) is 23.3 Å². The van der Waals surface area contributed by atoms with E-state index in [2.05, 4.69) is 29.3 Å². The van der Waals surface area contributed by atoms with Crippen molar-refractivity contribution in [3.05, 3.63) is 35.4 Å². The van der Waals surface area contributed by atoms with E-state index in [0.717, 1.165) is 26.0 Å². The Morgan fingerprint density at radius 3 is 3.07 bits per heavy atom. The maximum atomic E-state index is 5.72. The van der Waals surface area contributed by atoms with Crippen LogP contribution in [0.15, 0.2) is 29.3 Å². The summed E-state index contributed by atoms with van der Waals surface area (Å²) in [5, 5.41) is 0. The van der Waals surface area contributed by atoms with E-state index in [1.807, 2.05) is 0 Å². The minimum atomic E-state index is 0.256. The molecule has 0 aromatic heterocycles. The zero-order chi connectivity index (χ0) is 10.1. The van der Waals surface area contributed by atoms with Crippen LogP contribution in [-0.2, 0) is 11.2 Å². The molecule has 0 spiro atoms. The lowest BCUT2D eigenvalue weighted by molar-refractivity contribution is 0.158. The molecule has 2 heteroatoms.